The number of hydrogen-bond donors (Lipinski definition) is 2. The van der Waals surface area contributed by atoms with Crippen LogP contribution in [-0.2, 0) is 11.3 Å². The van der Waals surface area contributed by atoms with Gasteiger partial charge in [-0.15, -0.1) is 0 Å². The third kappa shape index (κ3) is 3.20. The van der Waals surface area contributed by atoms with Crippen LogP contribution in [0.2, 0.25) is 0 Å². The number of anilines is 1. The highest BCUT2D eigenvalue weighted by Gasteiger charge is 2.15. The Hall–Kier alpha value is -3.10. The van der Waals surface area contributed by atoms with Crippen LogP contribution >= 0.6 is 0 Å². The van der Waals surface area contributed by atoms with E-state index in [-0.39, 0.29) is 0 Å². The second-order valence-corrected chi connectivity index (χ2v) is 6.92. The molecule has 2 aromatic carbocycles. The zero-order chi connectivity index (χ0) is 19.0. The van der Waals surface area contributed by atoms with Crippen molar-refractivity contribution >= 4 is 28.1 Å². The van der Waals surface area contributed by atoms with Gasteiger partial charge < -0.3 is 4.98 Å². The Morgan fingerprint density at radius 1 is 1.15 bits per heavy atom. The highest BCUT2D eigenvalue weighted by Crippen LogP contribution is 2.33. The maximum Gasteiger partial charge on any atom is 0.261 e. The first-order chi connectivity index (χ1) is 13.0. The van der Waals surface area contributed by atoms with Gasteiger partial charge in [0.2, 0.25) is 0 Å². The Bertz CT molecular complexity index is 1160. The van der Waals surface area contributed by atoms with Crippen molar-refractivity contribution < 1.29 is 13.2 Å². The van der Waals surface area contributed by atoms with Crippen LogP contribution in [0.1, 0.15) is 0 Å². The Morgan fingerprint density at radius 2 is 1.96 bits per heavy atom. The van der Waals surface area contributed by atoms with E-state index in [1.54, 1.807) is 48.7 Å². The van der Waals surface area contributed by atoms with E-state index in [1.807, 2.05) is 0 Å². The molecule has 0 saturated heterocycles. The summed E-state index contributed by atoms with van der Waals surface area (Å²) in [5.74, 6) is -0.445. The van der Waals surface area contributed by atoms with Crippen LogP contribution in [0.3, 0.4) is 0 Å². The monoisotopic (exact) mass is 382 g/mol. The summed E-state index contributed by atoms with van der Waals surface area (Å²) in [7, 11) is 1.50. The summed E-state index contributed by atoms with van der Waals surface area (Å²) in [4.78, 5) is 11.6. The fourth-order valence-corrected chi connectivity index (χ4v) is 3.25. The summed E-state index contributed by atoms with van der Waals surface area (Å²) in [5.41, 5.74) is 3.86. The zero-order valence-electron chi connectivity index (χ0n) is 14.3. The Labute approximate surface area is 157 Å². The second kappa shape index (κ2) is 6.90. The van der Waals surface area contributed by atoms with Crippen molar-refractivity contribution in [1.82, 2.24) is 15.0 Å². The fraction of sp³-hybridized carbons (Fsp3) is 0.0526. The molecule has 0 radical (unpaired) electrons. The number of para-hydroxylation sites is 1. The van der Waals surface area contributed by atoms with Gasteiger partial charge in [-0.1, -0.05) is 24.3 Å². The molecule has 0 aliphatic carbocycles. The minimum absolute atomic E-state index is 0.339. The first-order valence-corrected chi connectivity index (χ1v) is 9.15. The minimum Gasteiger partial charge on any atom is -0.345 e. The number of benzene rings is 2. The number of halogens is 1. The molecule has 2 heterocycles. The van der Waals surface area contributed by atoms with Gasteiger partial charge in [-0.3, -0.25) is 8.86 Å². The average molecular weight is 382 g/mol. The smallest absolute Gasteiger partial charge is 0.261 e. The van der Waals surface area contributed by atoms with Crippen LogP contribution < -0.4 is 4.31 Å². The topological polar surface area (TPSA) is 82.1 Å². The van der Waals surface area contributed by atoms with Crippen molar-refractivity contribution in [3.05, 3.63) is 66.7 Å². The van der Waals surface area contributed by atoms with Gasteiger partial charge in [0, 0.05) is 24.4 Å². The molecule has 4 aromatic rings. The third-order valence-electron chi connectivity index (χ3n) is 4.29. The van der Waals surface area contributed by atoms with Gasteiger partial charge in [0.15, 0.2) is 5.65 Å². The number of fused-ring (bicyclic) bond motifs is 1. The molecule has 0 saturated carbocycles. The van der Waals surface area contributed by atoms with Crippen LogP contribution in [0.25, 0.3) is 33.5 Å². The van der Waals surface area contributed by atoms with Gasteiger partial charge in [-0.05, 0) is 29.8 Å². The normalized spacial score (nSPS) is 12.3. The molecule has 0 amide bonds. The highest BCUT2D eigenvalue weighted by atomic mass is 32.2. The summed E-state index contributed by atoms with van der Waals surface area (Å²) >= 11 is -2.18. The van der Waals surface area contributed by atoms with Crippen LogP contribution in [0.4, 0.5) is 10.1 Å². The van der Waals surface area contributed by atoms with Crippen LogP contribution in [0, 0.1) is 5.82 Å². The number of nitrogens with zero attached hydrogens (tertiary/aromatic N) is 3. The molecule has 2 N–H and O–H groups in total. The molecule has 1 atom stereocenters. The predicted molar refractivity (Wildman–Crippen MR) is 104 cm³/mol. The van der Waals surface area contributed by atoms with Crippen LogP contribution in [-0.4, -0.2) is 30.8 Å². The van der Waals surface area contributed by atoms with Gasteiger partial charge in [0.25, 0.3) is 11.3 Å². The average Bonchev–Trinajstić information content (AvgIpc) is 3.15. The van der Waals surface area contributed by atoms with Gasteiger partial charge in [0.1, 0.15) is 11.3 Å². The van der Waals surface area contributed by atoms with Crippen LogP contribution in [0.5, 0.6) is 0 Å². The molecule has 0 bridgehead atoms. The quantitative estimate of drug-likeness (QED) is 0.523. The Balaban J connectivity index is 1.77. The van der Waals surface area contributed by atoms with E-state index in [4.69, 9.17) is 0 Å². The molecule has 136 valence electrons. The summed E-state index contributed by atoms with van der Waals surface area (Å²) in [6.45, 7) is 0. The number of rotatable bonds is 4. The van der Waals surface area contributed by atoms with E-state index in [9.17, 15) is 13.2 Å². The summed E-state index contributed by atoms with van der Waals surface area (Å²) in [6.07, 6.45) is 3.25. The van der Waals surface area contributed by atoms with Crippen molar-refractivity contribution in [3.63, 3.8) is 0 Å². The molecule has 2 aromatic heterocycles. The summed E-state index contributed by atoms with van der Waals surface area (Å²) in [6, 6.07) is 13.6. The molecule has 8 heteroatoms. The van der Waals surface area contributed by atoms with E-state index in [0.717, 1.165) is 0 Å². The number of H-pyrrole nitrogens is 1. The predicted octanol–water partition coefficient (Wildman–Crippen LogP) is 4.00. The van der Waals surface area contributed by atoms with Gasteiger partial charge in [-0.2, -0.15) is 0 Å². The molecule has 0 fully saturated rings. The van der Waals surface area contributed by atoms with Gasteiger partial charge in [0.05, 0.1) is 17.6 Å². The van der Waals surface area contributed by atoms with Crippen molar-refractivity contribution in [2.45, 2.75) is 0 Å². The lowest BCUT2D eigenvalue weighted by Crippen LogP contribution is -2.19. The molecule has 27 heavy (non-hydrogen) atoms. The standard InChI is InChI=1S/C19H15FN4O2S/c1-24(27(25)26)18-5-3-2-4-13(18)12-6-7-14(15(20)10-12)17-11-22-19-16(23-17)8-9-21-19/h2-11H,1H3,(H,21,22)(H,25,26). The fourth-order valence-electron chi connectivity index (χ4n) is 2.93. The largest absolute Gasteiger partial charge is 0.345 e. The van der Waals surface area contributed by atoms with Gasteiger partial charge in [-0.25, -0.2) is 18.6 Å². The van der Waals surface area contributed by atoms with Crippen molar-refractivity contribution in [2.75, 3.05) is 11.4 Å². The number of aromatic amines is 1. The van der Waals surface area contributed by atoms with E-state index in [1.165, 1.54) is 23.6 Å². The molecule has 0 aliphatic heterocycles. The third-order valence-corrected chi connectivity index (χ3v) is 4.96. The molecule has 0 spiro atoms. The lowest BCUT2D eigenvalue weighted by Gasteiger charge is -2.18. The van der Waals surface area contributed by atoms with Crippen LogP contribution in [0.15, 0.2) is 60.9 Å². The van der Waals surface area contributed by atoms with Crippen molar-refractivity contribution in [3.8, 4) is 22.4 Å². The molecule has 4 rings (SSSR count). The first-order valence-electron chi connectivity index (χ1n) is 8.09. The number of aromatic nitrogens is 3. The lowest BCUT2D eigenvalue weighted by molar-refractivity contribution is 0.562. The number of nitrogens with one attached hydrogen (secondary N) is 1. The Morgan fingerprint density at radius 3 is 2.74 bits per heavy atom. The second-order valence-electron chi connectivity index (χ2n) is 5.91. The molecule has 6 nitrogen and oxygen atoms in total. The van der Waals surface area contributed by atoms with Gasteiger partial charge >= 0.3 is 0 Å². The lowest BCUT2D eigenvalue weighted by atomic mass is 10.0. The molecular formula is C19H15FN4O2S. The van der Waals surface area contributed by atoms with Crippen molar-refractivity contribution in [2.24, 2.45) is 0 Å². The maximum absolute atomic E-state index is 14.8. The summed E-state index contributed by atoms with van der Waals surface area (Å²) in [5, 5.41) is 0. The SMILES string of the molecule is CN(c1ccccc1-c1ccc(-c2cnc3[nH]ccc3n2)c(F)c1)S(=O)O. The number of hydrogen-bond acceptors (Lipinski definition) is 3. The Kier molecular flexibility index (Phi) is 4.43. The molecular weight excluding hydrogens is 367 g/mol. The molecule has 0 aliphatic rings. The summed E-state index contributed by atoms with van der Waals surface area (Å²) < 4.78 is 36.8. The zero-order valence-corrected chi connectivity index (χ0v) is 15.1. The molecule has 1 unspecified atom stereocenters. The highest BCUT2D eigenvalue weighted by molar-refractivity contribution is 7.80. The van der Waals surface area contributed by atoms with Crippen molar-refractivity contribution in [1.29, 1.82) is 0 Å². The van der Waals surface area contributed by atoms with E-state index in [2.05, 4.69) is 15.0 Å². The van der Waals surface area contributed by atoms with E-state index in [0.29, 0.717) is 39.2 Å². The minimum atomic E-state index is -2.18. The van der Waals surface area contributed by atoms with E-state index >= 15 is 0 Å². The first kappa shape index (κ1) is 17.3. The van der Waals surface area contributed by atoms with E-state index < -0.39 is 17.1 Å². The maximum atomic E-state index is 14.8.